The fourth-order valence-electron chi connectivity index (χ4n) is 3.15. The second-order valence-electron chi connectivity index (χ2n) is 7.09. The van der Waals surface area contributed by atoms with Crippen LogP contribution >= 0.6 is 0 Å². The molecule has 0 aliphatic heterocycles. The molecule has 0 spiro atoms. The van der Waals surface area contributed by atoms with E-state index in [1.807, 2.05) is 6.92 Å². The topological polar surface area (TPSA) is 54.3 Å². The highest BCUT2D eigenvalue weighted by molar-refractivity contribution is 5.65. The monoisotopic (exact) mass is 442 g/mol. The van der Waals surface area contributed by atoms with Crippen LogP contribution in [0.15, 0.2) is 41.4 Å². The van der Waals surface area contributed by atoms with Crippen molar-refractivity contribution < 1.29 is 32.1 Å². The summed E-state index contributed by atoms with van der Waals surface area (Å²) < 4.78 is 66.7. The molecule has 0 aromatic heterocycles. The standard InChI is InChI=1S/C22H26F4N2O3/c1-6-28(3)13-27-18-12-19(30-4)17(11-14(18)2)21(29,22(24,25)26)20(31-5)15-7-9-16(23)10-8-15/h7-13,20,29H,6H2,1-5H3. The first-order chi connectivity index (χ1) is 14.5. The van der Waals surface area contributed by atoms with E-state index in [0.717, 1.165) is 31.4 Å². The minimum Gasteiger partial charge on any atom is -0.496 e. The van der Waals surface area contributed by atoms with Crippen LogP contribution in [0.4, 0.5) is 23.2 Å². The lowest BCUT2D eigenvalue weighted by Gasteiger charge is -2.38. The van der Waals surface area contributed by atoms with Gasteiger partial charge in [-0.2, -0.15) is 13.2 Å². The highest BCUT2D eigenvalue weighted by Crippen LogP contribution is 2.52. The number of rotatable bonds is 8. The van der Waals surface area contributed by atoms with Gasteiger partial charge in [0.1, 0.15) is 17.7 Å². The molecular weight excluding hydrogens is 416 g/mol. The maximum absolute atomic E-state index is 14.3. The van der Waals surface area contributed by atoms with E-state index in [9.17, 15) is 22.7 Å². The van der Waals surface area contributed by atoms with Crippen LogP contribution in [-0.4, -0.2) is 50.3 Å². The molecule has 0 aliphatic rings. The third-order valence-electron chi connectivity index (χ3n) is 5.04. The molecule has 0 amide bonds. The van der Waals surface area contributed by atoms with Gasteiger partial charge in [-0.05, 0) is 43.2 Å². The minimum atomic E-state index is -5.14. The third-order valence-corrected chi connectivity index (χ3v) is 5.04. The van der Waals surface area contributed by atoms with Crippen molar-refractivity contribution in [3.63, 3.8) is 0 Å². The number of aliphatic hydroxyl groups is 1. The molecule has 2 aromatic rings. The van der Waals surface area contributed by atoms with Crippen molar-refractivity contribution in [3.05, 3.63) is 58.9 Å². The van der Waals surface area contributed by atoms with E-state index in [1.54, 1.807) is 25.2 Å². The lowest BCUT2D eigenvalue weighted by molar-refractivity contribution is -0.303. The average Bonchev–Trinajstić information content (AvgIpc) is 2.73. The Balaban J connectivity index is 2.71. The molecular formula is C22H26F4N2O3. The molecule has 5 nitrogen and oxygen atoms in total. The summed E-state index contributed by atoms with van der Waals surface area (Å²) in [7, 11) is 4.05. The normalized spacial score (nSPS) is 15.0. The predicted molar refractivity (Wildman–Crippen MR) is 110 cm³/mol. The third kappa shape index (κ3) is 4.99. The summed E-state index contributed by atoms with van der Waals surface area (Å²) in [6.45, 7) is 4.20. The fraction of sp³-hybridized carbons (Fsp3) is 0.409. The maximum Gasteiger partial charge on any atom is 0.424 e. The van der Waals surface area contributed by atoms with Crippen LogP contribution in [-0.2, 0) is 10.3 Å². The largest absolute Gasteiger partial charge is 0.496 e. The molecule has 0 saturated heterocycles. The van der Waals surface area contributed by atoms with Crippen LogP contribution in [0.3, 0.4) is 0 Å². The highest BCUT2D eigenvalue weighted by atomic mass is 19.4. The summed E-state index contributed by atoms with van der Waals surface area (Å²) in [5.41, 5.74) is -3.26. The van der Waals surface area contributed by atoms with Gasteiger partial charge in [-0.1, -0.05) is 12.1 Å². The fourth-order valence-corrected chi connectivity index (χ4v) is 3.15. The summed E-state index contributed by atoms with van der Waals surface area (Å²) in [5.74, 6) is -0.831. The number of hydrogen-bond acceptors (Lipinski definition) is 4. The van der Waals surface area contributed by atoms with Crippen molar-refractivity contribution in [2.45, 2.75) is 31.7 Å². The second kappa shape index (κ2) is 9.65. The summed E-state index contributed by atoms with van der Waals surface area (Å²) in [4.78, 5) is 6.08. The molecule has 0 fully saturated rings. The smallest absolute Gasteiger partial charge is 0.424 e. The number of benzene rings is 2. The van der Waals surface area contributed by atoms with Gasteiger partial charge in [0.05, 0.1) is 19.1 Å². The van der Waals surface area contributed by atoms with Gasteiger partial charge < -0.3 is 19.5 Å². The zero-order valence-corrected chi connectivity index (χ0v) is 18.0. The molecule has 0 saturated carbocycles. The van der Waals surface area contributed by atoms with Crippen molar-refractivity contribution in [2.24, 2.45) is 4.99 Å². The van der Waals surface area contributed by atoms with Gasteiger partial charge in [0.2, 0.25) is 5.60 Å². The predicted octanol–water partition coefficient (Wildman–Crippen LogP) is 4.89. The Hall–Kier alpha value is -2.65. The Morgan fingerprint density at radius 1 is 1.16 bits per heavy atom. The Bertz CT molecular complexity index is 916. The number of halogens is 4. The molecule has 31 heavy (non-hydrogen) atoms. The van der Waals surface area contributed by atoms with E-state index < -0.39 is 29.3 Å². The van der Waals surface area contributed by atoms with Crippen LogP contribution in [0.25, 0.3) is 0 Å². The summed E-state index contributed by atoms with van der Waals surface area (Å²) in [5, 5.41) is 11.1. The van der Waals surface area contributed by atoms with Crippen LogP contribution in [0.1, 0.15) is 29.7 Å². The van der Waals surface area contributed by atoms with E-state index in [-0.39, 0.29) is 11.3 Å². The van der Waals surface area contributed by atoms with Crippen molar-refractivity contribution in [1.82, 2.24) is 4.90 Å². The van der Waals surface area contributed by atoms with E-state index in [2.05, 4.69) is 4.99 Å². The number of hydrogen-bond donors (Lipinski definition) is 1. The Kier molecular flexibility index (Phi) is 7.67. The van der Waals surface area contributed by atoms with E-state index >= 15 is 0 Å². The molecule has 0 bridgehead atoms. The molecule has 2 unspecified atom stereocenters. The van der Waals surface area contributed by atoms with E-state index in [0.29, 0.717) is 17.8 Å². The number of aryl methyl sites for hydroxylation is 1. The van der Waals surface area contributed by atoms with Gasteiger partial charge in [0, 0.05) is 32.3 Å². The van der Waals surface area contributed by atoms with Crippen LogP contribution in [0.5, 0.6) is 5.75 Å². The molecule has 0 aliphatic carbocycles. The molecule has 0 heterocycles. The number of aliphatic imine (C=N–C) groups is 1. The summed E-state index contributed by atoms with van der Waals surface area (Å²) >= 11 is 0. The molecule has 9 heteroatoms. The van der Waals surface area contributed by atoms with Gasteiger partial charge in [-0.25, -0.2) is 9.38 Å². The van der Waals surface area contributed by atoms with Crippen LogP contribution in [0, 0.1) is 12.7 Å². The van der Waals surface area contributed by atoms with Gasteiger partial charge in [0.15, 0.2) is 0 Å². The quantitative estimate of drug-likeness (QED) is 0.359. The molecule has 0 radical (unpaired) electrons. The molecule has 1 N–H and O–H groups in total. The number of alkyl halides is 3. The number of ether oxygens (including phenoxy) is 2. The Morgan fingerprint density at radius 2 is 1.77 bits per heavy atom. The molecule has 2 aromatic carbocycles. The zero-order chi connectivity index (χ0) is 23.4. The van der Waals surface area contributed by atoms with Gasteiger partial charge in [-0.15, -0.1) is 0 Å². The van der Waals surface area contributed by atoms with Crippen LogP contribution in [0.2, 0.25) is 0 Å². The van der Waals surface area contributed by atoms with Crippen LogP contribution < -0.4 is 4.74 Å². The Morgan fingerprint density at radius 3 is 2.26 bits per heavy atom. The minimum absolute atomic E-state index is 0.0462. The first kappa shape index (κ1) is 24.6. The average molecular weight is 442 g/mol. The first-order valence-electron chi connectivity index (χ1n) is 9.50. The van der Waals surface area contributed by atoms with Gasteiger partial charge >= 0.3 is 6.18 Å². The highest BCUT2D eigenvalue weighted by Gasteiger charge is 2.62. The first-order valence-corrected chi connectivity index (χ1v) is 9.50. The summed E-state index contributed by atoms with van der Waals surface area (Å²) in [6.07, 6.45) is -5.47. The molecule has 2 atom stereocenters. The van der Waals surface area contributed by atoms with Gasteiger partial charge in [0.25, 0.3) is 0 Å². The van der Waals surface area contributed by atoms with Crippen molar-refractivity contribution in [2.75, 3.05) is 27.8 Å². The van der Waals surface area contributed by atoms with E-state index in [4.69, 9.17) is 9.47 Å². The van der Waals surface area contributed by atoms with Crippen molar-refractivity contribution >= 4 is 12.0 Å². The lowest BCUT2D eigenvalue weighted by atomic mass is 9.82. The van der Waals surface area contributed by atoms with Crippen molar-refractivity contribution in [3.8, 4) is 5.75 Å². The second-order valence-corrected chi connectivity index (χ2v) is 7.09. The maximum atomic E-state index is 14.3. The Labute approximate surface area is 178 Å². The molecule has 2 rings (SSSR count). The number of methoxy groups -OCH3 is 2. The van der Waals surface area contributed by atoms with E-state index in [1.165, 1.54) is 19.2 Å². The summed E-state index contributed by atoms with van der Waals surface area (Å²) in [6, 6.07) is 6.79. The molecule has 170 valence electrons. The number of nitrogens with zero attached hydrogens (tertiary/aromatic N) is 2. The van der Waals surface area contributed by atoms with Crippen molar-refractivity contribution in [1.29, 1.82) is 0 Å². The SMILES string of the molecule is CCN(C)C=Nc1cc(OC)c(C(O)(C(OC)c2ccc(F)cc2)C(F)(F)F)cc1C. The lowest BCUT2D eigenvalue weighted by Crippen LogP contribution is -2.48. The zero-order valence-electron chi connectivity index (χ0n) is 18.0. The van der Waals surface area contributed by atoms with Gasteiger partial charge in [-0.3, -0.25) is 0 Å².